The second-order valence-electron chi connectivity index (χ2n) is 7.75. The van der Waals surface area contributed by atoms with Gasteiger partial charge in [0.25, 0.3) is 0 Å². The molecule has 1 aliphatic carbocycles. The Morgan fingerprint density at radius 2 is 1.84 bits per heavy atom. The van der Waals surface area contributed by atoms with E-state index in [-0.39, 0.29) is 5.60 Å². The summed E-state index contributed by atoms with van der Waals surface area (Å²) in [7, 11) is 2.04. The lowest BCUT2D eigenvalue weighted by atomic mass is 9.70. The number of nitrogens with zero attached hydrogens (tertiary/aromatic N) is 1. The third-order valence-electron chi connectivity index (χ3n) is 5.84. The standard InChI is InChI=1S/C15H28BNO2/c1-14(2)8-13(6-7-19-14)15(16,18)17-9-11-4-3-5-12(11)10-17/h11-13,18H,3-10,16H2,1-2H3. The van der Waals surface area contributed by atoms with Crippen LogP contribution in [0.15, 0.2) is 0 Å². The van der Waals surface area contributed by atoms with Crippen molar-refractivity contribution in [3.63, 3.8) is 0 Å². The maximum Gasteiger partial charge on any atom is 0.162 e. The molecule has 0 bridgehead atoms. The second-order valence-corrected chi connectivity index (χ2v) is 7.75. The van der Waals surface area contributed by atoms with Crippen LogP contribution in [0.25, 0.3) is 0 Å². The molecule has 0 aromatic rings. The van der Waals surface area contributed by atoms with Crippen molar-refractivity contribution in [1.29, 1.82) is 0 Å². The van der Waals surface area contributed by atoms with E-state index in [1.54, 1.807) is 0 Å². The van der Waals surface area contributed by atoms with Gasteiger partial charge in [0.2, 0.25) is 0 Å². The van der Waals surface area contributed by atoms with E-state index in [9.17, 15) is 5.11 Å². The van der Waals surface area contributed by atoms with E-state index < -0.39 is 5.62 Å². The Hall–Kier alpha value is -0.0551. The first-order valence-electron chi connectivity index (χ1n) is 8.00. The Bertz CT molecular complexity index is 333. The zero-order chi connectivity index (χ0) is 13.7. The van der Waals surface area contributed by atoms with Crippen LogP contribution in [0.5, 0.6) is 0 Å². The second kappa shape index (κ2) is 4.75. The molecule has 4 heteroatoms. The third kappa shape index (κ3) is 2.59. The molecule has 1 N–H and O–H groups in total. The topological polar surface area (TPSA) is 32.7 Å². The molecule has 0 aromatic heterocycles. The Labute approximate surface area is 118 Å². The summed E-state index contributed by atoms with van der Waals surface area (Å²) >= 11 is 0. The van der Waals surface area contributed by atoms with Gasteiger partial charge in [0.1, 0.15) is 0 Å². The summed E-state index contributed by atoms with van der Waals surface area (Å²) < 4.78 is 5.80. The van der Waals surface area contributed by atoms with E-state index in [2.05, 4.69) is 18.7 Å². The van der Waals surface area contributed by atoms with Gasteiger partial charge in [-0.3, -0.25) is 4.90 Å². The molecule has 4 unspecified atom stereocenters. The molecule has 3 fully saturated rings. The van der Waals surface area contributed by atoms with Gasteiger partial charge in [-0.25, -0.2) is 0 Å². The first kappa shape index (κ1) is 13.9. The minimum Gasteiger partial charge on any atom is -0.384 e. The molecule has 4 atom stereocenters. The van der Waals surface area contributed by atoms with Gasteiger partial charge in [-0.2, -0.15) is 0 Å². The smallest absolute Gasteiger partial charge is 0.162 e. The summed E-state index contributed by atoms with van der Waals surface area (Å²) in [6.07, 6.45) is 6.09. The van der Waals surface area contributed by atoms with Crippen LogP contribution < -0.4 is 0 Å². The number of aliphatic hydroxyl groups is 1. The van der Waals surface area contributed by atoms with Crippen LogP contribution in [0.4, 0.5) is 0 Å². The quantitative estimate of drug-likeness (QED) is 0.762. The number of hydrogen-bond donors (Lipinski definition) is 1. The van der Waals surface area contributed by atoms with Gasteiger partial charge in [0.05, 0.1) is 11.2 Å². The molecule has 3 nitrogen and oxygen atoms in total. The molecule has 0 spiro atoms. The van der Waals surface area contributed by atoms with Crippen molar-refractivity contribution in [3.8, 4) is 0 Å². The average Bonchev–Trinajstić information content (AvgIpc) is 2.87. The van der Waals surface area contributed by atoms with Gasteiger partial charge < -0.3 is 9.84 Å². The zero-order valence-corrected chi connectivity index (χ0v) is 12.7. The molecule has 3 rings (SSSR count). The number of fused-ring (bicyclic) bond motifs is 1. The highest BCUT2D eigenvalue weighted by atomic mass is 16.5. The Morgan fingerprint density at radius 3 is 2.42 bits per heavy atom. The molecule has 19 heavy (non-hydrogen) atoms. The lowest BCUT2D eigenvalue weighted by Crippen LogP contribution is -2.57. The van der Waals surface area contributed by atoms with Gasteiger partial charge >= 0.3 is 0 Å². The van der Waals surface area contributed by atoms with Crippen LogP contribution in [-0.2, 0) is 4.74 Å². The molecule has 2 aliphatic heterocycles. The van der Waals surface area contributed by atoms with Crippen molar-refractivity contribution >= 4 is 7.85 Å². The molecule has 2 heterocycles. The number of rotatable bonds is 2. The van der Waals surface area contributed by atoms with E-state index in [0.29, 0.717) is 5.92 Å². The molecule has 0 amide bonds. The molecular weight excluding hydrogens is 237 g/mol. The van der Waals surface area contributed by atoms with Crippen LogP contribution >= 0.6 is 0 Å². The van der Waals surface area contributed by atoms with Crippen LogP contribution in [0, 0.1) is 17.8 Å². The fourth-order valence-corrected chi connectivity index (χ4v) is 4.56. The van der Waals surface area contributed by atoms with Crippen molar-refractivity contribution in [2.24, 2.45) is 17.8 Å². The van der Waals surface area contributed by atoms with Crippen molar-refractivity contribution in [2.75, 3.05) is 19.7 Å². The van der Waals surface area contributed by atoms with Crippen molar-refractivity contribution in [1.82, 2.24) is 4.90 Å². The maximum atomic E-state index is 11.1. The summed E-state index contributed by atoms with van der Waals surface area (Å²) in [6.45, 7) is 7.29. The summed E-state index contributed by atoms with van der Waals surface area (Å²) in [6, 6.07) is 0. The van der Waals surface area contributed by atoms with Crippen molar-refractivity contribution in [2.45, 2.75) is 57.2 Å². The lowest BCUT2D eigenvalue weighted by Gasteiger charge is -2.47. The van der Waals surface area contributed by atoms with Crippen LogP contribution in [-0.4, -0.2) is 48.8 Å². The van der Waals surface area contributed by atoms with Crippen molar-refractivity contribution < 1.29 is 9.84 Å². The minimum atomic E-state index is -0.647. The highest BCUT2D eigenvalue weighted by Gasteiger charge is 2.47. The lowest BCUT2D eigenvalue weighted by molar-refractivity contribution is -0.146. The molecule has 0 radical (unpaired) electrons. The third-order valence-corrected chi connectivity index (χ3v) is 5.84. The van der Waals surface area contributed by atoms with E-state index >= 15 is 0 Å². The number of likely N-dealkylation sites (tertiary alicyclic amines) is 1. The largest absolute Gasteiger partial charge is 0.384 e. The fourth-order valence-electron chi connectivity index (χ4n) is 4.56. The van der Waals surface area contributed by atoms with Gasteiger partial charge in [-0.05, 0) is 57.3 Å². The molecule has 1 saturated carbocycles. The Morgan fingerprint density at radius 1 is 1.21 bits per heavy atom. The van der Waals surface area contributed by atoms with Gasteiger partial charge in [0.15, 0.2) is 7.85 Å². The maximum absolute atomic E-state index is 11.1. The molecular formula is C15H28BNO2. The SMILES string of the molecule is BC(O)(C1CCOC(C)(C)C1)N1CC2CCCC2C1. The van der Waals surface area contributed by atoms with Gasteiger partial charge in [0, 0.05) is 19.7 Å². The van der Waals surface area contributed by atoms with E-state index in [4.69, 9.17) is 4.74 Å². The summed E-state index contributed by atoms with van der Waals surface area (Å²) in [5.74, 6) is 2.04. The molecule has 0 aromatic carbocycles. The predicted octanol–water partition coefficient (Wildman–Crippen LogP) is 1.20. The minimum absolute atomic E-state index is 0.0809. The van der Waals surface area contributed by atoms with E-state index in [1.807, 2.05) is 7.85 Å². The monoisotopic (exact) mass is 265 g/mol. The van der Waals surface area contributed by atoms with E-state index in [1.165, 1.54) is 19.3 Å². The highest BCUT2D eigenvalue weighted by Crippen LogP contribution is 2.43. The summed E-state index contributed by atoms with van der Waals surface area (Å²) in [5.41, 5.74) is -0.728. The number of ether oxygens (including phenoxy) is 1. The van der Waals surface area contributed by atoms with Gasteiger partial charge in [-0.1, -0.05) is 6.42 Å². The van der Waals surface area contributed by atoms with E-state index in [0.717, 1.165) is 44.4 Å². The van der Waals surface area contributed by atoms with Crippen molar-refractivity contribution in [3.05, 3.63) is 0 Å². The van der Waals surface area contributed by atoms with Crippen LogP contribution in [0.2, 0.25) is 0 Å². The van der Waals surface area contributed by atoms with Crippen LogP contribution in [0.1, 0.15) is 46.0 Å². The summed E-state index contributed by atoms with van der Waals surface area (Å²) in [4.78, 5) is 2.37. The highest BCUT2D eigenvalue weighted by molar-refractivity contribution is 6.14. The summed E-state index contributed by atoms with van der Waals surface area (Å²) in [5, 5.41) is 11.1. The molecule has 108 valence electrons. The van der Waals surface area contributed by atoms with Gasteiger partial charge in [-0.15, -0.1) is 0 Å². The van der Waals surface area contributed by atoms with Crippen LogP contribution in [0.3, 0.4) is 0 Å². The zero-order valence-electron chi connectivity index (χ0n) is 12.7. The normalized spacial score (nSPS) is 41.9. The first-order chi connectivity index (χ1) is 8.88. The Kier molecular flexibility index (Phi) is 3.47. The first-order valence-corrected chi connectivity index (χ1v) is 8.00. The molecule has 3 aliphatic rings. The molecule has 2 saturated heterocycles. The number of hydrogen-bond acceptors (Lipinski definition) is 3. The average molecular weight is 265 g/mol. The fraction of sp³-hybridized carbons (Fsp3) is 1.00. The Balaban J connectivity index is 1.68. The predicted molar refractivity (Wildman–Crippen MR) is 78.7 cm³/mol.